The Morgan fingerprint density at radius 2 is 2.21 bits per heavy atom. The molecule has 4 nitrogen and oxygen atoms in total. The van der Waals surface area contributed by atoms with Crippen molar-refractivity contribution >= 4 is 11.0 Å². The smallest absolute Gasteiger partial charge is 0.125 e. The molecule has 1 aromatic heterocycles. The predicted molar refractivity (Wildman–Crippen MR) is 73.6 cm³/mol. The SMILES string of the molecule is CCCNCCc1nc2cc(F)ccc2n1CCO. The largest absolute Gasteiger partial charge is 0.395 e. The lowest BCUT2D eigenvalue weighted by molar-refractivity contribution is 0.276. The molecule has 2 N–H and O–H groups in total. The van der Waals surface area contributed by atoms with Gasteiger partial charge in [0.2, 0.25) is 0 Å². The maximum Gasteiger partial charge on any atom is 0.125 e. The Bertz CT molecular complexity index is 539. The molecule has 2 rings (SSSR count). The van der Waals surface area contributed by atoms with E-state index in [9.17, 15) is 4.39 Å². The van der Waals surface area contributed by atoms with Crippen LogP contribution in [0.25, 0.3) is 11.0 Å². The molecular formula is C14H20FN3O. The number of aliphatic hydroxyl groups excluding tert-OH is 1. The van der Waals surface area contributed by atoms with E-state index in [0.717, 1.165) is 37.3 Å². The number of hydrogen-bond acceptors (Lipinski definition) is 3. The van der Waals surface area contributed by atoms with E-state index in [1.807, 2.05) is 4.57 Å². The van der Waals surface area contributed by atoms with Crippen LogP contribution in [-0.4, -0.2) is 34.4 Å². The molecule has 0 saturated carbocycles. The van der Waals surface area contributed by atoms with Gasteiger partial charge < -0.3 is 15.0 Å². The lowest BCUT2D eigenvalue weighted by Crippen LogP contribution is -2.20. The fourth-order valence-corrected chi connectivity index (χ4v) is 2.20. The van der Waals surface area contributed by atoms with Crippen LogP contribution < -0.4 is 5.32 Å². The van der Waals surface area contributed by atoms with E-state index >= 15 is 0 Å². The predicted octanol–water partition coefficient (Wildman–Crippen LogP) is 1.71. The molecule has 0 aliphatic rings. The van der Waals surface area contributed by atoms with Crippen molar-refractivity contribution in [1.82, 2.24) is 14.9 Å². The minimum atomic E-state index is -0.281. The van der Waals surface area contributed by atoms with Crippen molar-refractivity contribution in [2.75, 3.05) is 19.7 Å². The zero-order valence-corrected chi connectivity index (χ0v) is 11.2. The minimum absolute atomic E-state index is 0.0538. The lowest BCUT2D eigenvalue weighted by Gasteiger charge is -2.07. The van der Waals surface area contributed by atoms with E-state index in [1.54, 1.807) is 6.07 Å². The van der Waals surface area contributed by atoms with Crippen LogP contribution in [-0.2, 0) is 13.0 Å². The molecule has 19 heavy (non-hydrogen) atoms. The van der Waals surface area contributed by atoms with Gasteiger partial charge in [0.15, 0.2) is 0 Å². The average molecular weight is 265 g/mol. The van der Waals surface area contributed by atoms with Gasteiger partial charge in [-0.2, -0.15) is 0 Å². The van der Waals surface area contributed by atoms with Crippen molar-refractivity contribution in [2.24, 2.45) is 0 Å². The van der Waals surface area contributed by atoms with Gasteiger partial charge in [-0.05, 0) is 25.1 Å². The Morgan fingerprint density at radius 1 is 1.37 bits per heavy atom. The summed E-state index contributed by atoms with van der Waals surface area (Å²) >= 11 is 0. The standard InChI is InChI=1S/C14H20FN3O/c1-2-6-16-7-5-14-17-12-10-11(15)3-4-13(12)18(14)8-9-19/h3-4,10,16,19H,2,5-9H2,1H3. The Labute approximate surface area is 112 Å². The van der Waals surface area contributed by atoms with Crippen molar-refractivity contribution in [1.29, 1.82) is 0 Å². The monoisotopic (exact) mass is 265 g/mol. The first-order valence-corrected chi connectivity index (χ1v) is 6.72. The fourth-order valence-electron chi connectivity index (χ4n) is 2.20. The number of nitrogens with one attached hydrogen (secondary N) is 1. The van der Waals surface area contributed by atoms with E-state index in [-0.39, 0.29) is 12.4 Å². The number of aromatic nitrogens is 2. The summed E-state index contributed by atoms with van der Waals surface area (Å²) in [6, 6.07) is 4.58. The molecule has 0 unspecified atom stereocenters. The molecule has 5 heteroatoms. The first-order chi connectivity index (χ1) is 9.26. The fraction of sp³-hybridized carbons (Fsp3) is 0.500. The second-order valence-electron chi connectivity index (χ2n) is 4.54. The number of rotatable bonds is 7. The molecule has 0 saturated heterocycles. The summed E-state index contributed by atoms with van der Waals surface area (Å²) in [6.07, 6.45) is 1.87. The van der Waals surface area contributed by atoms with Gasteiger partial charge in [0.1, 0.15) is 11.6 Å². The van der Waals surface area contributed by atoms with Crippen LogP contribution in [0, 0.1) is 5.82 Å². The van der Waals surface area contributed by atoms with Gasteiger partial charge in [0.05, 0.1) is 17.6 Å². The molecule has 0 aliphatic heterocycles. The van der Waals surface area contributed by atoms with Gasteiger partial charge >= 0.3 is 0 Å². The highest BCUT2D eigenvalue weighted by Crippen LogP contribution is 2.17. The maximum absolute atomic E-state index is 13.2. The molecule has 0 spiro atoms. The van der Waals surface area contributed by atoms with Crippen LogP contribution in [0.3, 0.4) is 0 Å². The van der Waals surface area contributed by atoms with Crippen molar-refractivity contribution in [3.8, 4) is 0 Å². The molecule has 1 heterocycles. The number of halogens is 1. The molecule has 0 fully saturated rings. The highest BCUT2D eigenvalue weighted by molar-refractivity contribution is 5.76. The number of benzene rings is 1. The molecule has 1 aromatic carbocycles. The molecule has 0 bridgehead atoms. The summed E-state index contributed by atoms with van der Waals surface area (Å²) in [4.78, 5) is 4.46. The van der Waals surface area contributed by atoms with Crippen LogP contribution >= 0.6 is 0 Å². The van der Waals surface area contributed by atoms with Gasteiger partial charge in [-0.3, -0.25) is 0 Å². The van der Waals surface area contributed by atoms with Crippen molar-refractivity contribution in [3.05, 3.63) is 29.8 Å². The summed E-state index contributed by atoms with van der Waals surface area (Å²) in [5, 5.41) is 12.5. The Balaban J connectivity index is 2.22. The van der Waals surface area contributed by atoms with Crippen LogP contribution in [0.5, 0.6) is 0 Å². The molecule has 0 aliphatic carbocycles. The van der Waals surface area contributed by atoms with E-state index in [0.29, 0.717) is 12.1 Å². The highest BCUT2D eigenvalue weighted by atomic mass is 19.1. The second-order valence-corrected chi connectivity index (χ2v) is 4.54. The van der Waals surface area contributed by atoms with Crippen molar-refractivity contribution < 1.29 is 9.50 Å². The molecule has 0 amide bonds. The first kappa shape index (κ1) is 14.0. The lowest BCUT2D eigenvalue weighted by atomic mass is 10.3. The van der Waals surface area contributed by atoms with E-state index in [2.05, 4.69) is 17.2 Å². The van der Waals surface area contributed by atoms with Gasteiger partial charge in [-0.15, -0.1) is 0 Å². The summed E-state index contributed by atoms with van der Waals surface area (Å²) in [7, 11) is 0. The third-order valence-corrected chi connectivity index (χ3v) is 3.07. The number of fused-ring (bicyclic) bond motifs is 1. The van der Waals surface area contributed by atoms with Gasteiger partial charge in [-0.1, -0.05) is 6.92 Å². The number of imidazole rings is 1. The van der Waals surface area contributed by atoms with Crippen LogP contribution in [0.1, 0.15) is 19.2 Å². The maximum atomic E-state index is 13.2. The van der Waals surface area contributed by atoms with Gasteiger partial charge in [0, 0.05) is 25.6 Å². The third kappa shape index (κ3) is 3.30. The second kappa shape index (κ2) is 6.63. The zero-order valence-electron chi connectivity index (χ0n) is 11.2. The van der Waals surface area contributed by atoms with Crippen LogP contribution in [0.15, 0.2) is 18.2 Å². The number of hydrogen-bond donors (Lipinski definition) is 2. The molecule has 0 radical (unpaired) electrons. The normalized spacial score (nSPS) is 11.3. The van der Waals surface area contributed by atoms with Crippen molar-refractivity contribution in [3.63, 3.8) is 0 Å². The molecule has 0 atom stereocenters. The summed E-state index contributed by atoms with van der Waals surface area (Å²) < 4.78 is 15.2. The Hall–Kier alpha value is -1.46. The third-order valence-electron chi connectivity index (χ3n) is 3.07. The molecule has 104 valence electrons. The van der Waals surface area contributed by atoms with Gasteiger partial charge in [0.25, 0.3) is 0 Å². The first-order valence-electron chi connectivity index (χ1n) is 6.72. The molecular weight excluding hydrogens is 245 g/mol. The minimum Gasteiger partial charge on any atom is -0.395 e. The Morgan fingerprint density at radius 3 is 2.95 bits per heavy atom. The number of nitrogens with zero attached hydrogens (tertiary/aromatic N) is 2. The van der Waals surface area contributed by atoms with Crippen molar-refractivity contribution in [2.45, 2.75) is 26.3 Å². The summed E-state index contributed by atoms with van der Waals surface area (Å²) in [5.74, 6) is 0.607. The van der Waals surface area contributed by atoms with Gasteiger partial charge in [-0.25, -0.2) is 9.37 Å². The van der Waals surface area contributed by atoms with E-state index in [4.69, 9.17) is 5.11 Å². The van der Waals surface area contributed by atoms with Crippen LogP contribution in [0.4, 0.5) is 4.39 Å². The molecule has 2 aromatic rings. The summed E-state index contributed by atoms with van der Waals surface area (Å²) in [5.41, 5.74) is 1.53. The topological polar surface area (TPSA) is 50.1 Å². The Kier molecular flexibility index (Phi) is 4.87. The van der Waals surface area contributed by atoms with Crippen LogP contribution in [0.2, 0.25) is 0 Å². The highest BCUT2D eigenvalue weighted by Gasteiger charge is 2.10. The summed E-state index contributed by atoms with van der Waals surface area (Å²) in [6.45, 7) is 4.49. The number of aliphatic hydroxyl groups is 1. The van der Waals surface area contributed by atoms with E-state index in [1.165, 1.54) is 12.1 Å². The van der Waals surface area contributed by atoms with E-state index < -0.39 is 0 Å². The average Bonchev–Trinajstić information content (AvgIpc) is 2.73. The quantitative estimate of drug-likeness (QED) is 0.749. The zero-order chi connectivity index (χ0) is 13.7.